The first kappa shape index (κ1) is 31.2. The van der Waals surface area contributed by atoms with Gasteiger partial charge < -0.3 is 14.4 Å². The molecule has 4 aromatic rings. The molecule has 0 aromatic heterocycles. The van der Waals surface area contributed by atoms with Crippen molar-refractivity contribution in [1.82, 2.24) is 5.32 Å². The van der Waals surface area contributed by atoms with Crippen LogP contribution in [0.4, 0.5) is 16.2 Å². The molecule has 48 heavy (non-hydrogen) atoms. The minimum atomic E-state index is -0.763. The van der Waals surface area contributed by atoms with Gasteiger partial charge in [0.05, 0.1) is 18.4 Å². The van der Waals surface area contributed by atoms with Gasteiger partial charge in [0.2, 0.25) is 0 Å². The Bertz CT molecular complexity index is 1830. The zero-order chi connectivity index (χ0) is 33.4. The largest absolute Gasteiger partial charge is 0.490 e. The zero-order valence-corrected chi connectivity index (χ0v) is 27.4. The Labute approximate surface area is 281 Å². The van der Waals surface area contributed by atoms with E-state index in [9.17, 15) is 14.4 Å². The Balaban J connectivity index is 1.34. The molecule has 244 valence electrons. The zero-order valence-electron chi connectivity index (χ0n) is 27.4. The molecule has 3 heterocycles. The molecule has 0 saturated carbocycles. The summed E-state index contributed by atoms with van der Waals surface area (Å²) in [7, 11) is 0. The van der Waals surface area contributed by atoms with E-state index in [0.717, 1.165) is 42.0 Å². The van der Waals surface area contributed by atoms with Crippen molar-refractivity contribution in [3.63, 3.8) is 0 Å². The SMILES string of the molecule is CCOc1cc(/C=C2\C(=O)NC(=O)N(c3cc4c5c(c3)[C@H](c3ccccc3)CCN5CC[C@H]4c3ccccc3)C2=O)ccc1OC(C)C. The van der Waals surface area contributed by atoms with Gasteiger partial charge in [0.1, 0.15) is 5.57 Å². The van der Waals surface area contributed by atoms with Crippen LogP contribution in [-0.2, 0) is 9.59 Å². The maximum absolute atomic E-state index is 14.2. The minimum Gasteiger partial charge on any atom is -0.490 e. The second-order valence-corrected chi connectivity index (χ2v) is 12.7. The summed E-state index contributed by atoms with van der Waals surface area (Å²) >= 11 is 0. The normalized spacial score (nSPS) is 19.8. The van der Waals surface area contributed by atoms with E-state index in [1.54, 1.807) is 18.2 Å². The monoisotopic (exact) mass is 641 g/mol. The number of urea groups is 1. The molecular weight excluding hydrogens is 602 g/mol. The number of barbiturate groups is 1. The molecule has 3 aliphatic rings. The summed E-state index contributed by atoms with van der Waals surface area (Å²) < 4.78 is 11.7. The number of rotatable bonds is 8. The number of hydrogen-bond acceptors (Lipinski definition) is 6. The highest BCUT2D eigenvalue weighted by molar-refractivity contribution is 6.39. The van der Waals surface area contributed by atoms with Crippen molar-refractivity contribution in [2.45, 2.75) is 51.6 Å². The number of carbonyl (C=O) groups is 3. The van der Waals surface area contributed by atoms with Crippen molar-refractivity contribution in [1.29, 1.82) is 0 Å². The van der Waals surface area contributed by atoms with Gasteiger partial charge in [0.15, 0.2) is 11.5 Å². The van der Waals surface area contributed by atoms with Crippen LogP contribution in [0.1, 0.15) is 73.3 Å². The topological polar surface area (TPSA) is 88.2 Å². The van der Waals surface area contributed by atoms with Crippen LogP contribution in [0.5, 0.6) is 11.5 Å². The van der Waals surface area contributed by atoms with Gasteiger partial charge in [-0.05, 0) is 91.8 Å². The Morgan fingerprint density at radius 1 is 0.812 bits per heavy atom. The third-order valence-corrected chi connectivity index (χ3v) is 9.30. The predicted octanol–water partition coefficient (Wildman–Crippen LogP) is 7.42. The second-order valence-electron chi connectivity index (χ2n) is 12.7. The van der Waals surface area contributed by atoms with Crippen LogP contribution in [0.2, 0.25) is 0 Å². The van der Waals surface area contributed by atoms with Crippen LogP contribution in [0.25, 0.3) is 6.08 Å². The van der Waals surface area contributed by atoms with E-state index < -0.39 is 17.8 Å². The van der Waals surface area contributed by atoms with Crippen molar-refractivity contribution in [3.8, 4) is 11.5 Å². The summed E-state index contributed by atoms with van der Waals surface area (Å²) in [5.41, 5.74) is 6.64. The molecule has 8 heteroatoms. The quantitative estimate of drug-likeness (QED) is 0.159. The predicted molar refractivity (Wildman–Crippen MR) is 187 cm³/mol. The number of benzene rings is 4. The van der Waals surface area contributed by atoms with Crippen LogP contribution < -0.4 is 24.6 Å². The van der Waals surface area contributed by atoms with Gasteiger partial charge >= 0.3 is 6.03 Å². The van der Waals surface area contributed by atoms with E-state index in [1.165, 1.54) is 22.9 Å². The molecule has 3 aliphatic heterocycles. The number of nitrogens with zero attached hydrogens (tertiary/aromatic N) is 2. The fourth-order valence-corrected chi connectivity index (χ4v) is 7.26. The number of carbonyl (C=O) groups excluding carboxylic acids is 3. The molecule has 2 atom stereocenters. The summed E-state index contributed by atoms with van der Waals surface area (Å²) in [5, 5.41) is 2.42. The van der Waals surface area contributed by atoms with Crippen molar-refractivity contribution in [2.75, 3.05) is 29.5 Å². The van der Waals surface area contributed by atoms with Crippen LogP contribution in [0.15, 0.2) is 96.6 Å². The van der Waals surface area contributed by atoms with Gasteiger partial charge in [-0.1, -0.05) is 66.7 Å². The molecule has 1 N–H and O–H groups in total. The fourth-order valence-electron chi connectivity index (χ4n) is 7.26. The lowest BCUT2D eigenvalue weighted by Gasteiger charge is -2.44. The Hall–Kier alpha value is -5.37. The molecule has 8 nitrogen and oxygen atoms in total. The standard InChI is InChI=1S/C40H39N3O5/c1-4-47-36-22-26(15-16-35(36)48-25(2)3)21-34-38(44)41-40(46)43(39(34)45)29-23-32-30(27-11-7-5-8-12-27)17-19-42-20-18-31(33(24-29)37(32)42)28-13-9-6-10-14-28/h5-16,21-25,30-31H,4,17-20H2,1-3H3,(H,41,44,46)/b34-21+/t30-,31-/m0/s1. The van der Waals surface area contributed by atoms with E-state index in [0.29, 0.717) is 29.4 Å². The highest BCUT2D eigenvalue weighted by Gasteiger charge is 2.40. The van der Waals surface area contributed by atoms with Crippen LogP contribution in [0, 0.1) is 0 Å². The number of imide groups is 2. The number of nitrogens with one attached hydrogen (secondary N) is 1. The average Bonchev–Trinajstić information content (AvgIpc) is 3.08. The number of amides is 4. The van der Waals surface area contributed by atoms with Gasteiger partial charge in [-0.15, -0.1) is 0 Å². The first-order valence-electron chi connectivity index (χ1n) is 16.7. The maximum Gasteiger partial charge on any atom is 0.335 e. The second kappa shape index (κ2) is 13.0. The smallest absolute Gasteiger partial charge is 0.335 e. The highest BCUT2D eigenvalue weighted by atomic mass is 16.5. The molecule has 1 saturated heterocycles. The minimum absolute atomic E-state index is 0.0596. The Morgan fingerprint density at radius 3 is 1.98 bits per heavy atom. The van der Waals surface area contributed by atoms with Crippen molar-refractivity contribution >= 4 is 35.3 Å². The Kier molecular flexibility index (Phi) is 8.48. The van der Waals surface area contributed by atoms with Crippen LogP contribution in [-0.4, -0.2) is 43.6 Å². The molecule has 4 aromatic carbocycles. The summed E-state index contributed by atoms with van der Waals surface area (Å²) in [5.74, 6) is -0.149. The van der Waals surface area contributed by atoms with Gasteiger partial charge in [-0.25, -0.2) is 9.69 Å². The van der Waals surface area contributed by atoms with E-state index in [4.69, 9.17) is 9.47 Å². The van der Waals surface area contributed by atoms with Gasteiger partial charge in [0, 0.05) is 30.6 Å². The molecule has 0 spiro atoms. The van der Waals surface area contributed by atoms with E-state index >= 15 is 0 Å². The first-order chi connectivity index (χ1) is 23.3. The van der Waals surface area contributed by atoms with Crippen LogP contribution >= 0.6 is 0 Å². The van der Waals surface area contributed by atoms with Gasteiger partial charge in [0.25, 0.3) is 11.8 Å². The van der Waals surface area contributed by atoms with Crippen molar-refractivity contribution in [2.24, 2.45) is 0 Å². The van der Waals surface area contributed by atoms with Gasteiger partial charge in [-0.3, -0.25) is 14.9 Å². The summed E-state index contributed by atoms with van der Waals surface area (Å²) in [6.07, 6.45) is 3.27. The third-order valence-electron chi connectivity index (χ3n) is 9.30. The third kappa shape index (κ3) is 5.83. The van der Waals surface area contributed by atoms with Gasteiger partial charge in [-0.2, -0.15) is 0 Å². The molecule has 0 bridgehead atoms. The lowest BCUT2D eigenvalue weighted by Crippen LogP contribution is -2.54. The molecule has 0 unspecified atom stereocenters. The molecule has 0 aliphatic carbocycles. The number of ether oxygens (including phenoxy) is 2. The van der Waals surface area contributed by atoms with Crippen molar-refractivity contribution < 1.29 is 23.9 Å². The lowest BCUT2D eigenvalue weighted by molar-refractivity contribution is -0.122. The Morgan fingerprint density at radius 2 is 1.42 bits per heavy atom. The van der Waals surface area contributed by atoms with Crippen LogP contribution in [0.3, 0.4) is 0 Å². The van der Waals surface area contributed by atoms with E-state index in [1.807, 2.05) is 69.3 Å². The lowest BCUT2D eigenvalue weighted by atomic mass is 9.76. The van der Waals surface area contributed by atoms with E-state index in [-0.39, 0.29) is 23.5 Å². The van der Waals surface area contributed by atoms with E-state index in [2.05, 4.69) is 34.5 Å². The molecule has 7 rings (SSSR count). The summed E-state index contributed by atoms with van der Waals surface area (Å²) in [6, 6.07) is 29.3. The molecular formula is C40H39N3O5. The molecule has 4 amide bonds. The van der Waals surface area contributed by atoms with Crippen molar-refractivity contribution in [3.05, 3.63) is 124 Å². The number of hydrogen-bond donors (Lipinski definition) is 1. The first-order valence-corrected chi connectivity index (χ1v) is 16.7. The maximum atomic E-state index is 14.2. The summed E-state index contributed by atoms with van der Waals surface area (Å²) in [6.45, 7) is 8.01. The fraction of sp³-hybridized carbons (Fsp3) is 0.275. The average molecular weight is 642 g/mol. The molecule has 0 radical (unpaired) electrons. The highest BCUT2D eigenvalue weighted by Crippen LogP contribution is 2.50. The number of anilines is 2. The molecule has 1 fully saturated rings. The summed E-state index contributed by atoms with van der Waals surface area (Å²) in [4.78, 5) is 44.5.